The van der Waals surface area contributed by atoms with Crippen LogP contribution in [0.1, 0.15) is 18.4 Å². The highest BCUT2D eigenvalue weighted by Crippen LogP contribution is 2.26. The Bertz CT molecular complexity index is 362. The zero-order chi connectivity index (χ0) is 11.5. The van der Waals surface area contributed by atoms with E-state index >= 15 is 0 Å². The summed E-state index contributed by atoms with van der Waals surface area (Å²) in [6.07, 6.45) is 2.18. The van der Waals surface area contributed by atoms with Crippen molar-refractivity contribution in [2.24, 2.45) is 5.90 Å². The summed E-state index contributed by atoms with van der Waals surface area (Å²) in [7, 11) is 0. The second-order valence-corrected chi connectivity index (χ2v) is 4.69. The Morgan fingerprint density at radius 1 is 1.38 bits per heavy atom. The van der Waals surface area contributed by atoms with Crippen molar-refractivity contribution in [1.82, 2.24) is 0 Å². The van der Waals surface area contributed by atoms with Crippen molar-refractivity contribution in [3.63, 3.8) is 0 Å². The van der Waals surface area contributed by atoms with E-state index in [1.807, 2.05) is 12.1 Å². The number of piperidine rings is 1. The van der Waals surface area contributed by atoms with Gasteiger partial charge in [-0.25, -0.2) is 5.90 Å². The van der Waals surface area contributed by atoms with Crippen LogP contribution in [-0.4, -0.2) is 19.2 Å². The maximum absolute atomic E-state index is 5.95. The van der Waals surface area contributed by atoms with E-state index in [1.54, 1.807) is 0 Å². The van der Waals surface area contributed by atoms with Gasteiger partial charge in [0.15, 0.2) is 0 Å². The third-order valence-electron chi connectivity index (χ3n) is 3.13. The van der Waals surface area contributed by atoms with Crippen LogP contribution in [0.15, 0.2) is 18.2 Å². The van der Waals surface area contributed by atoms with Gasteiger partial charge >= 0.3 is 0 Å². The highest BCUT2D eigenvalue weighted by Gasteiger charge is 2.20. The van der Waals surface area contributed by atoms with Crippen molar-refractivity contribution in [3.8, 4) is 0 Å². The summed E-state index contributed by atoms with van der Waals surface area (Å²) >= 11 is 5.95. The molecule has 0 radical (unpaired) electrons. The zero-order valence-electron chi connectivity index (χ0n) is 9.45. The summed E-state index contributed by atoms with van der Waals surface area (Å²) in [4.78, 5) is 7.24. The molecular formula is C12H17ClN2O. The van der Waals surface area contributed by atoms with Gasteiger partial charge in [0.05, 0.1) is 6.10 Å². The quantitative estimate of drug-likeness (QED) is 0.808. The van der Waals surface area contributed by atoms with E-state index in [4.69, 9.17) is 22.3 Å². The molecule has 0 saturated carbocycles. The van der Waals surface area contributed by atoms with Gasteiger partial charge in [-0.15, -0.1) is 0 Å². The number of hydrogen-bond acceptors (Lipinski definition) is 3. The first-order valence-corrected chi connectivity index (χ1v) is 5.95. The lowest BCUT2D eigenvalue weighted by Crippen LogP contribution is -2.38. The Kier molecular flexibility index (Phi) is 3.69. The van der Waals surface area contributed by atoms with Crippen LogP contribution >= 0.6 is 11.6 Å². The Labute approximate surface area is 101 Å². The molecule has 1 aliphatic heterocycles. The number of aryl methyl sites for hydroxylation is 1. The molecule has 1 heterocycles. The molecule has 1 aromatic carbocycles. The van der Waals surface area contributed by atoms with Crippen LogP contribution < -0.4 is 10.8 Å². The third-order valence-corrected chi connectivity index (χ3v) is 3.37. The van der Waals surface area contributed by atoms with Crippen LogP contribution in [0.2, 0.25) is 5.02 Å². The van der Waals surface area contributed by atoms with Gasteiger partial charge in [-0.3, -0.25) is 0 Å². The lowest BCUT2D eigenvalue weighted by molar-refractivity contribution is 0.0367. The molecule has 1 fully saturated rings. The number of rotatable bonds is 2. The first kappa shape index (κ1) is 11.7. The second-order valence-electron chi connectivity index (χ2n) is 4.25. The van der Waals surface area contributed by atoms with Crippen molar-refractivity contribution < 1.29 is 4.84 Å². The first-order valence-electron chi connectivity index (χ1n) is 5.57. The van der Waals surface area contributed by atoms with Crippen LogP contribution in [0.5, 0.6) is 0 Å². The molecule has 0 amide bonds. The SMILES string of the molecule is Cc1cc(Cl)ccc1N1CCC(ON)CC1. The van der Waals surface area contributed by atoms with Gasteiger partial charge in [-0.2, -0.15) is 0 Å². The molecule has 1 aliphatic rings. The third kappa shape index (κ3) is 2.48. The highest BCUT2D eigenvalue weighted by molar-refractivity contribution is 6.30. The van der Waals surface area contributed by atoms with Crippen molar-refractivity contribution in [3.05, 3.63) is 28.8 Å². The standard InChI is InChI=1S/C12H17ClN2O/c1-9-8-10(13)2-3-12(9)15-6-4-11(16-14)5-7-15/h2-3,8,11H,4-7,14H2,1H3. The Balaban J connectivity index is 2.08. The molecule has 2 N–H and O–H groups in total. The number of nitrogens with two attached hydrogens (primary N) is 1. The van der Waals surface area contributed by atoms with E-state index < -0.39 is 0 Å². The average molecular weight is 241 g/mol. The molecule has 0 spiro atoms. The van der Waals surface area contributed by atoms with Gasteiger partial charge < -0.3 is 9.74 Å². The highest BCUT2D eigenvalue weighted by atomic mass is 35.5. The van der Waals surface area contributed by atoms with E-state index in [-0.39, 0.29) is 6.10 Å². The molecule has 16 heavy (non-hydrogen) atoms. The molecule has 1 saturated heterocycles. The van der Waals surface area contributed by atoms with Gasteiger partial charge in [0.25, 0.3) is 0 Å². The molecule has 0 aromatic heterocycles. The van der Waals surface area contributed by atoms with Crippen molar-refractivity contribution in [1.29, 1.82) is 0 Å². The van der Waals surface area contributed by atoms with Crippen LogP contribution in [0, 0.1) is 6.92 Å². The van der Waals surface area contributed by atoms with E-state index in [0.29, 0.717) is 0 Å². The summed E-state index contributed by atoms with van der Waals surface area (Å²) in [5.41, 5.74) is 2.49. The molecule has 4 heteroatoms. The smallest absolute Gasteiger partial charge is 0.0821 e. The maximum Gasteiger partial charge on any atom is 0.0821 e. The van der Waals surface area contributed by atoms with Gasteiger partial charge in [0.2, 0.25) is 0 Å². The molecular weight excluding hydrogens is 224 g/mol. The lowest BCUT2D eigenvalue weighted by Gasteiger charge is -2.33. The summed E-state index contributed by atoms with van der Waals surface area (Å²) in [5, 5.41) is 0.793. The maximum atomic E-state index is 5.95. The largest absolute Gasteiger partial charge is 0.371 e. The zero-order valence-corrected chi connectivity index (χ0v) is 10.2. The van der Waals surface area contributed by atoms with Gasteiger partial charge in [-0.05, 0) is 43.5 Å². The first-order chi connectivity index (χ1) is 7.70. The number of hydrogen-bond donors (Lipinski definition) is 1. The topological polar surface area (TPSA) is 38.5 Å². The predicted octanol–water partition coefficient (Wildman–Crippen LogP) is 2.51. The minimum Gasteiger partial charge on any atom is -0.371 e. The molecule has 88 valence electrons. The summed E-state index contributed by atoms with van der Waals surface area (Å²) in [5.74, 6) is 5.20. The minimum atomic E-state index is 0.212. The monoisotopic (exact) mass is 240 g/mol. The van der Waals surface area contributed by atoms with Crippen LogP contribution in [0.25, 0.3) is 0 Å². The van der Waals surface area contributed by atoms with Crippen molar-refractivity contribution in [2.45, 2.75) is 25.9 Å². The Hall–Kier alpha value is -0.770. The van der Waals surface area contributed by atoms with E-state index in [2.05, 4.69) is 17.9 Å². The van der Waals surface area contributed by atoms with Gasteiger partial charge in [-0.1, -0.05) is 11.6 Å². The van der Waals surface area contributed by atoms with E-state index in [9.17, 15) is 0 Å². The minimum absolute atomic E-state index is 0.212. The predicted molar refractivity (Wildman–Crippen MR) is 66.7 cm³/mol. The summed E-state index contributed by atoms with van der Waals surface area (Å²) in [6, 6.07) is 6.03. The molecule has 2 rings (SSSR count). The van der Waals surface area contributed by atoms with Crippen LogP contribution in [0.4, 0.5) is 5.69 Å². The van der Waals surface area contributed by atoms with Crippen molar-refractivity contribution in [2.75, 3.05) is 18.0 Å². The average Bonchev–Trinajstić information content (AvgIpc) is 2.29. The molecule has 0 atom stereocenters. The normalized spacial score (nSPS) is 17.8. The fraction of sp³-hybridized carbons (Fsp3) is 0.500. The summed E-state index contributed by atoms with van der Waals surface area (Å²) in [6.45, 7) is 4.07. The summed E-state index contributed by atoms with van der Waals surface area (Å²) < 4.78 is 0. The number of benzene rings is 1. The van der Waals surface area contributed by atoms with Crippen LogP contribution in [-0.2, 0) is 4.84 Å². The van der Waals surface area contributed by atoms with E-state index in [1.165, 1.54) is 11.3 Å². The van der Waals surface area contributed by atoms with Gasteiger partial charge in [0, 0.05) is 23.8 Å². The lowest BCUT2D eigenvalue weighted by atomic mass is 10.1. The van der Waals surface area contributed by atoms with E-state index in [0.717, 1.165) is 31.0 Å². The van der Waals surface area contributed by atoms with Gasteiger partial charge in [0.1, 0.15) is 0 Å². The number of nitrogens with zero attached hydrogens (tertiary/aromatic N) is 1. The fourth-order valence-electron chi connectivity index (χ4n) is 2.21. The Morgan fingerprint density at radius 2 is 2.06 bits per heavy atom. The molecule has 0 unspecified atom stereocenters. The van der Waals surface area contributed by atoms with Crippen molar-refractivity contribution >= 4 is 17.3 Å². The number of anilines is 1. The Morgan fingerprint density at radius 3 is 2.62 bits per heavy atom. The van der Waals surface area contributed by atoms with Crippen LogP contribution in [0.3, 0.4) is 0 Å². The fourth-order valence-corrected chi connectivity index (χ4v) is 2.43. The molecule has 3 nitrogen and oxygen atoms in total. The number of halogens is 1. The molecule has 1 aromatic rings. The second kappa shape index (κ2) is 5.04. The molecule has 0 bridgehead atoms. The molecule has 0 aliphatic carbocycles.